The van der Waals surface area contributed by atoms with Crippen LogP contribution < -0.4 is 11.1 Å². The first-order valence-corrected chi connectivity index (χ1v) is 5.06. The van der Waals surface area contributed by atoms with Crippen LogP contribution in [0.1, 0.15) is 19.8 Å². The van der Waals surface area contributed by atoms with Gasteiger partial charge in [-0.2, -0.15) is 0 Å². The van der Waals surface area contributed by atoms with Crippen molar-refractivity contribution < 1.29 is 4.79 Å². The second kappa shape index (κ2) is 5.63. The molecule has 1 amide bonds. The second-order valence-corrected chi connectivity index (χ2v) is 3.47. The molecule has 82 valence electrons. The lowest BCUT2D eigenvalue weighted by molar-refractivity contribution is -0.117. The zero-order valence-electron chi connectivity index (χ0n) is 8.40. The number of halogens is 1. The van der Waals surface area contributed by atoms with Gasteiger partial charge in [0.05, 0.1) is 6.04 Å². The third kappa shape index (κ3) is 3.81. The predicted molar refractivity (Wildman–Crippen MR) is 58.6 cm³/mol. The summed E-state index contributed by atoms with van der Waals surface area (Å²) in [6, 6.07) is 1.00. The van der Waals surface area contributed by atoms with Crippen LogP contribution in [0.4, 0.5) is 5.95 Å². The van der Waals surface area contributed by atoms with E-state index in [0.717, 1.165) is 6.42 Å². The van der Waals surface area contributed by atoms with E-state index in [0.29, 0.717) is 6.42 Å². The summed E-state index contributed by atoms with van der Waals surface area (Å²) in [5.41, 5.74) is 5.61. The van der Waals surface area contributed by atoms with Crippen molar-refractivity contribution in [3.63, 3.8) is 0 Å². The van der Waals surface area contributed by atoms with E-state index in [9.17, 15) is 4.79 Å². The van der Waals surface area contributed by atoms with Gasteiger partial charge in [-0.05, 0) is 12.5 Å². The number of carbonyl (C=O) groups excluding carboxylic acids is 1. The quantitative estimate of drug-likeness (QED) is 0.759. The van der Waals surface area contributed by atoms with Gasteiger partial charge in [0.2, 0.25) is 11.9 Å². The Kier molecular flexibility index (Phi) is 4.45. The van der Waals surface area contributed by atoms with Crippen LogP contribution in [0.25, 0.3) is 0 Å². The summed E-state index contributed by atoms with van der Waals surface area (Å²) in [5.74, 6) is -0.113. The molecule has 0 fully saturated rings. The Bertz CT molecular complexity index is 345. The number of rotatable bonds is 4. The van der Waals surface area contributed by atoms with Crippen LogP contribution in [0.5, 0.6) is 0 Å². The highest BCUT2D eigenvalue weighted by Gasteiger charge is 2.13. The Labute approximate surface area is 93.0 Å². The molecule has 0 radical (unpaired) electrons. The van der Waals surface area contributed by atoms with Crippen LogP contribution in [0, 0.1) is 0 Å². The first-order valence-electron chi connectivity index (χ1n) is 4.68. The molecule has 0 aromatic carbocycles. The monoisotopic (exact) mass is 228 g/mol. The maximum Gasteiger partial charge on any atom is 0.243 e. The lowest BCUT2D eigenvalue weighted by atomic mass is 10.2. The number of nitrogens with two attached hydrogens (primary N) is 1. The second-order valence-electron chi connectivity index (χ2n) is 3.09. The standard InChI is InChI=1S/C9H13ClN4O/c1-2-3-6(11)8(15)14-9-12-5-4-7(10)13-9/h4-6H,2-3,11H2,1H3,(H,12,13,14,15). The molecule has 3 N–H and O–H groups in total. The number of amides is 1. The molecule has 0 spiro atoms. The molecule has 1 atom stereocenters. The molecule has 0 bridgehead atoms. The number of anilines is 1. The minimum atomic E-state index is -0.530. The number of nitrogens with one attached hydrogen (secondary N) is 1. The van der Waals surface area contributed by atoms with E-state index in [1.807, 2.05) is 6.92 Å². The topological polar surface area (TPSA) is 80.9 Å². The van der Waals surface area contributed by atoms with Gasteiger partial charge >= 0.3 is 0 Å². The number of carbonyl (C=O) groups is 1. The normalized spacial score (nSPS) is 12.2. The van der Waals surface area contributed by atoms with Gasteiger partial charge < -0.3 is 5.73 Å². The number of aromatic nitrogens is 2. The van der Waals surface area contributed by atoms with E-state index < -0.39 is 6.04 Å². The van der Waals surface area contributed by atoms with Crippen molar-refractivity contribution in [1.82, 2.24) is 9.97 Å². The van der Waals surface area contributed by atoms with E-state index in [2.05, 4.69) is 15.3 Å². The Morgan fingerprint density at radius 1 is 1.73 bits per heavy atom. The largest absolute Gasteiger partial charge is 0.320 e. The minimum absolute atomic E-state index is 0.180. The zero-order valence-corrected chi connectivity index (χ0v) is 9.16. The molecule has 15 heavy (non-hydrogen) atoms. The molecule has 1 aromatic rings. The van der Waals surface area contributed by atoms with Crippen LogP contribution in [0.15, 0.2) is 12.3 Å². The molecule has 1 aromatic heterocycles. The van der Waals surface area contributed by atoms with E-state index >= 15 is 0 Å². The molecule has 1 unspecified atom stereocenters. The van der Waals surface area contributed by atoms with Gasteiger partial charge in [-0.3, -0.25) is 10.1 Å². The van der Waals surface area contributed by atoms with Gasteiger partial charge in [0.15, 0.2) is 0 Å². The van der Waals surface area contributed by atoms with Gasteiger partial charge in [-0.15, -0.1) is 0 Å². The lowest BCUT2D eigenvalue weighted by Gasteiger charge is -2.09. The van der Waals surface area contributed by atoms with Crippen molar-refractivity contribution in [1.29, 1.82) is 0 Å². The molecule has 0 saturated carbocycles. The molecule has 1 rings (SSSR count). The van der Waals surface area contributed by atoms with Crippen LogP contribution in [-0.4, -0.2) is 21.9 Å². The summed E-state index contributed by atoms with van der Waals surface area (Å²) in [6.45, 7) is 1.96. The van der Waals surface area contributed by atoms with Crippen molar-refractivity contribution in [2.24, 2.45) is 5.73 Å². The van der Waals surface area contributed by atoms with Crippen LogP contribution >= 0.6 is 11.6 Å². The summed E-state index contributed by atoms with van der Waals surface area (Å²) in [5, 5.41) is 2.78. The fourth-order valence-electron chi connectivity index (χ4n) is 1.04. The van der Waals surface area contributed by atoms with E-state index in [4.69, 9.17) is 17.3 Å². The lowest BCUT2D eigenvalue weighted by Crippen LogP contribution is -2.35. The van der Waals surface area contributed by atoms with Gasteiger partial charge in [-0.1, -0.05) is 24.9 Å². The molecule has 0 saturated heterocycles. The van der Waals surface area contributed by atoms with E-state index in [1.165, 1.54) is 12.3 Å². The molecule has 0 aliphatic carbocycles. The van der Waals surface area contributed by atoms with Gasteiger partial charge in [0.1, 0.15) is 5.15 Å². The average Bonchev–Trinajstić information content (AvgIpc) is 2.18. The highest BCUT2D eigenvalue weighted by atomic mass is 35.5. The van der Waals surface area contributed by atoms with E-state index in [-0.39, 0.29) is 17.0 Å². The summed E-state index contributed by atoms with van der Waals surface area (Å²) in [7, 11) is 0. The van der Waals surface area contributed by atoms with Crippen molar-refractivity contribution in [2.75, 3.05) is 5.32 Å². The van der Waals surface area contributed by atoms with Gasteiger partial charge in [0.25, 0.3) is 0 Å². The third-order valence-corrected chi connectivity index (χ3v) is 2.00. The number of nitrogens with zero attached hydrogens (tertiary/aromatic N) is 2. The summed E-state index contributed by atoms with van der Waals surface area (Å²) >= 11 is 5.64. The fraction of sp³-hybridized carbons (Fsp3) is 0.444. The zero-order chi connectivity index (χ0) is 11.3. The third-order valence-electron chi connectivity index (χ3n) is 1.79. The molecule has 0 aliphatic heterocycles. The average molecular weight is 229 g/mol. The van der Waals surface area contributed by atoms with E-state index in [1.54, 1.807) is 0 Å². The van der Waals surface area contributed by atoms with Crippen molar-refractivity contribution >= 4 is 23.5 Å². The first-order chi connectivity index (χ1) is 7.13. The predicted octanol–water partition coefficient (Wildman–Crippen LogP) is 1.20. The maximum atomic E-state index is 11.5. The van der Waals surface area contributed by atoms with Gasteiger partial charge in [0, 0.05) is 6.20 Å². The summed E-state index contributed by atoms with van der Waals surface area (Å²) in [4.78, 5) is 19.1. The molecular weight excluding hydrogens is 216 g/mol. The SMILES string of the molecule is CCCC(N)C(=O)Nc1nccc(Cl)n1. The minimum Gasteiger partial charge on any atom is -0.320 e. The molecule has 1 heterocycles. The van der Waals surface area contributed by atoms with Crippen molar-refractivity contribution in [3.05, 3.63) is 17.4 Å². The number of hydrogen-bond acceptors (Lipinski definition) is 4. The van der Waals surface area contributed by atoms with Crippen LogP contribution in [-0.2, 0) is 4.79 Å². The van der Waals surface area contributed by atoms with Crippen LogP contribution in [0.3, 0.4) is 0 Å². The smallest absolute Gasteiger partial charge is 0.243 e. The number of hydrogen-bond donors (Lipinski definition) is 2. The summed E-state index contributed by atoms with van der Waals surface area (Å²) in [6.07, 6.45) is 2.95. The Morgan fingerprint density at radius 3 is 3.07 bits per heavy atom. The highest BCUT2D eigenvalue weighted by Crippen LogP contribution is 2.06. The van der Waals surface area contributed by atoms with Crippen LogP contribution in [0.2, 0.25) is 5.15 Å². The molecular formula is C9H13ClN4O. The first kappa shape index (κ1) is 11.9. The van der Waals surface area contributed by atoms with Crippen molar-refractivity contribution in [2.45, 2.75) is 25.8 Å². The highest BCUT2D eigenvalue weighted by molar-refractivity contribution is 6.29. The Morgan fingerprint density at radius 2 is 2.47 bits per heavy atom. The summed E-state index contributed by atoms with van der Waals surface area (Å²) < 4.78 is 0. The maximum absolute atomic E-state index is 11.5. The molecule has 0 aliphatic rings. The molecule has 5 nitrogen and oxygen atoms in total. The fourth-order valence-corrected chi connectivity index (χ4v) is 1.18. The molecule has 6 heteroatoms. The Balaban J connectivity index is 2.58. The Hall–Kier alpha value is -1.20. The van der Waals surface area contributed by atoms with Crippen molar-refractivity contribution in [3.8, 4) is 0 Å². The van der Waals surface area contributed by atoms with Gasteiger partial charge in [-0.25, -0.2) is 9.97 Å².